The van der Waals surface area contributed by atoms with Gasteiger partial charge in [-0.05, 0) is 55.8 Å². The number of aliphatic hydroxyl groups is 2. The molecule has 0 amide bonds. The van der Waals surface area contributed by atoms with E-state index in [2.05, 4.69) is 5.32 Å². The Hall–Kier alpha value is -0.610. The fourth-order valence-electron chi connectivity index (χ4n) is 2.58. The summed E-state index contributed by atoms with van der Waals surface area (Å²) in [5, 5.41) is 23.5. The van der Waals surface area contributed by atoms with E-state index in [1.807, 2.05) is 12.1 Å². The van der Waals surface area contributed by atoms with Gasteiger partial charge in [-0.1, -0.05) is 23.7 Å². The van der Waals surface area contributed by atoms with Gasteiger partial charge in [0.05, 0.1) is 12.2 Å². The van der Waals surface area contributed by atoms with Gasteiger partial charge in [-0.2, -0.15) is 0 Å². The van der Waals surface area contributed by atoms with Gasteiger partial charge in [0.1, 0.15) is 0 Å². The summed E-state index contributed by atoms with van der Waals surface area (Å²) < 4.78 is 0. The quantitative estimate of drug-likeness (QED) is 0.778. The molecule has 0 saturated heterocycles. The molecule has 1 atom stereocenters. The summed E-state index contributed by atoms with van der Waals surface area (Å²) >= 11 is 5.82. The third kappa shape index (κ3) is 4.77. The average molecular weight is 284 g/mol. The summed E-state index contributed by atoms with van der Waals surface area (Å²) in [7, 11) is 0. The lowest BCUT2D eigenvalue weighted by Gasteiger charge is -2.26. The zero-order valence-corrected chi connectivity index (χ0v) is 11.8. The van der Waals surface area contributed by atoms with E-state index < -0.39 is 6.10 Å². The molecule has 3 nitrogen and oxygen atoms in total. The first-order valence-corrected chi connectivity index (χ1v) is 7.35. The summed E-state index contributed by atoms with van der Waals surface area (Å²) in [5.41, 5.74) is 0.885. The average Bonchev–Trinajstić information content (AvgIpc) is 2.41. The van der Waals surface area contributed by atoms with Crippen LogP contribution in [-0.2, 0) is 0 Å². The number of nitrogens with one attached hydrogen (secondary N) is 1. The van der Waals surface area contributed by atoms with E-state index in [1.165, 1.54) is 0 Å². The molecule has 3 N–H and O–H groups in total. The number of rotatable bonds is 5. The van der Waals surface area contributed by atoms with Gasteiger partial charge in [-0.25, -0.2) is 0 Å². The molecule has 0 spiro atoms. The standard InChI is InChI=1S/C15H22ClNO2/c16-13-5-3-12(4-6-13)15(19)10-17-9-11-1-7-14(18)8-2-11/h3-6,11,14-15,17-19H,1-2,7-10H2. The highest BCUT2D eigenvalue weighted by atomic mass is 35.5. The summed E-state index contributed by atoms with van der Waals surface area (Å²) in [5.74, 6) is 0.626. The molecule has 1 aromatic rings. The molecule has 0 aliphatic heterocycles. The zero-order valence-electron chi connectivity index (χ0n) is 11.1. The lowest BCUT2D eigenvalue weighted by atomic mass is 9.87. The second kappa shape index (κ2) is 7.25. The van der Waals surface area contributed by atoms with E-state index in [0.29, 0.717) is 17.5 Å². The Morgan fingerprint density at radius 1 is 1.16 bits per heavy atom. The Morgan fingerprint density at radius 2 is 1.79 bits per heavy atom. The van der Waals surface area contributed by atoms with Crippen LogP contribution in [0.2, 0.25) is 5.02 Å². The third-order valence-electron chi connectivity index (χ3n) is 3.84. The maximum atomic E-state index is 10.0. The Bertz CT molecular complexity index is 374. The largest absolute Gasteiger partial charge is 0.393 e. The SMILES string of the molecule is OC1CCC(CNCC(O)c2ccc(Cl)cc2)CC1. The van der Waals surface area contributed by atoms with Gasteiger partial charge in [0.15, 0.2) is 0 Å². The minimum atomic E-state index is -0.494. The lowest BCUT2D eigenvalue weighted by Crippen LogP contribution is -2.30. The summed E-state index contributed by atoms with van der Waals surface area (Å²) in [6, 6.07) is 7.29. The van der Waals surface area contributed by atoms with E-state index in [4.69, 9.17) is 11.6 Å². The lowest BCUT2D eigenvalue weighted by molar-refractivity contribution is 0.106. The number of benzene rings is 1. The van der Waals surface area contributed by atoms with Crippen LogP contribution in [0.25, 0.3) is 0 Å². The summed E-state index contributed by atoms with van der Waals surface area (Å²) in [4.78, 5) is 0. The highest BCUT2D eigenvalue weighted by Gasteiger charge is 2.19. The van der Waals surface area contributed by atoms with Gasteiger partial charge in [-0.15, -0.1) is 0 Å². The summed E-state index contributed by atoms with van der Waals surface area (Å²) in [6.07, 6.45) is 3.37. The minimum absolute atomic E-state index is 0.101. The Morgan fingerprint density at radius 3 is 2.42 bits per heavy atom. The molecule has 19 heavy (non-hydrogen) atoms. The van der Waals surface area contributed by atoms with Crippen molar-refractivity contribution in [1.82, 2.24) is 5.32 Å². The van der Waals surface area contributed by atoms with E-state index in [1.54, 1.807) is 12.1 Å². The highest BCUT2D eigenvalue weighted by Crippen LogP contribution is 2.23. The monoisotopic (exact) mass is 283 g/mol. The Kier molecular flexibility index (Phi) is 5.64. The molecule has 0 aromatic heterocycles. The fourth-order valence-corrected chi connectivity index (χ4v) is 2.70. The normalized spacial score (nSPS) is 25.2. The van der Waals surface area contributed by atoms with Crippen LogP contribution in [0, 0.1) is 5.92 Å². The van der Waals surface area contributed by atoms with E-state index in [9.17, 15) is 10.2 Å². The molecule has 1 aliphatic carbocycles. The van der Waals surface area contributed by atoms with Crippen LogP contribution in [0.1, 0.15) is 37.4 Å². The first kappa shape index (κ1) is 14.8. The first-order valence-electron chi connectivity index (χ1n) is 6.97. The molecule has 4 heteroatoms. The molecule has 0 radical (unpaired) electrons. The minimum Gasteiger partial charge on any atom is -0.393 e. The van der Waals surface area contributed by atoms with Gasteiger partial charge in [0, 0.05) is 11.6 Å². The van der Waals surface area contributed by atoms with Crippen LogP contribution in [0.15, 0.2) is 24.3 Å². The molecule has 1 fully saturated rings. The van der Waals surface area contributed by atoms with Crippen molar-refractivity contribution in [2.45, 2.75) is 37.9 Å². The van der Waals surface area contributed by atoms with E-state index in [-0.39, 0.29) is 6.10 Å². The molecule has 1 unspecified atom stereocenters. The van der Waals surface area contributed by atoms with Gasteiger partial charge < -0.3 is 15.5 Å². The predicted octanol–water partition coefficient (Wildman–Crippen LogP) is 2.51. The fraction of sp³-hybridized carbons (Fsp3) is 0.600. The molecule has 2 rings (SSSR count). The zero-order chi connectivity index (χ0) is 13.7. The van der Waals surface area contributed by atoms with Crippen LogP contribution < -0.4 is 5.32 Å². The van der Waals surface area contributed by atoms with Crippen molar-refractivity contribution in [2.24, 2.45) is 5.92 Å². The molecule has 106 valence electrons. The van der Waals surface area contributed by atoms with Crippen molar-refractivity contribution in [3.05, 3.63) is 34.9 Å². The second-order valence-corrected chi connectivity index (χ2v) is 5.84. The van der Waals surface area contributed by atoms with Crippen LogP contribution in [0.5, 0.6) is 0 Å². The van der Waals surface area contributed by atoms with Gasteiger partial charge >= 0.3 is 0 Å². The molecule has 1 aromatic carbocycles. The number of hydrogen-bond donors (Lipinski definition) is 3. The number of aliphatic hydroxyl groups excluding tert-OH is 2. The van der Waals surface area contributed by atoms with Gasteiger partial charge in [-0.3, -0.25) is 0 Å². The Balaban J connectivity index is 1.69. The maximum Gasteiger partial charge on any atom is 0.0914 e. The van der Waals surface area contributed by atoms with Crippen LogP contribution in [-0.4, -0.2) is 29.4 Å². The van der Waals surface area contributed by atoms with Crippen molar-refractivity contribution in [1.29, 1.82) is 0 Å². The smallest absolute Gasteiger partial charge is 0.0914 e. The number of halogens is 1. The topological polar surface area (TPSA) is 52.5 Å². The van der Waals surface area contributed by atoms with E-state index >= 15 is 0 Å². The molecular formula is C15H22ClNO2. The summed E-state index contributed by atoms with van der Waals surface area (Å²) in [6.45, 7) is 1.47. The van der Waals surface area contributed by atoms with Crippen molar-refractivity contribution >= 4 is 11.6 Å². The molecular weight excluding hydrogens is 262 g/mol. The van der Waals surface area contributed by atoms with Crippen molar-refractivity contribution in [2.75, 3.05) is 13.1 Å². The number of hydrogen-bond acceptors (Lipinski definition) is 3. The van der Waals surface area contributed by atoms with Crippen LogP contribution in [0.4, 0.5) is 0 Å². The van der Waals surface area contributed by atoms with Crippen LogP contribution >= 0.6 is 11.6 Å². The van der Waals surface area contributed by atoms with Crippen molar-refractivity contribution in [3.8, 4) is 0 Å². The van der Waals surface area contributed by atoms with Crippen molar-refractivity contribution < 1.29 is 10.2 Å². The molecule has 1 saturated carbocycles. The third-order valence-corrected chi connectivity index (χ3v) is 4.09. The first-order chi connectivity index (χ1) is 9.15. The Labute approximate surface area is 119 Å². The van der Waals surface area contributed by atoms with Crippen LogP contribution in [0.3, 0.4) is 0 Å². The second-order valence-electron chi connectivity index (χ2n) is 5.40. The maximum absolute atomic E-state index is 10.0. The molecule has 0 heterocycles. The van der Waals surface area contributed by atoms with Crippen molar-refractivity contribution in [3.63, 3.8) is 0 Å². The molecule has 0 bridgehead atoms. The highest BCUT2D eigenvalue weighted by molar-refractivity contribution is 6.30. The molecule has 1 aliphatic rings. The van der Waals surface area contributed by atoms with Gasteiger partial charge in [0.25, 0.3) is 0 Å². The predicted molar refractivity (Wildman–Crippen MR) is 77.2 cm³/mol. The van der Waals surface area contributed by atoms with E-state index in [0.717, 1.165) is 37.8 Å². The van der Waals surface area contributed by atoms with Gasteiger partial charge in [0.2, 0.25) is 0 Å².